The van der Waals surface area contributed by atoms with Gasteiger partial charge in [0.1, 0.15) is 11.3 Å². The fourth-order valence-corrected chi connectivity index (χ4v) is 5.49. The maximum atomic E-state index is 5.31. The number of aromatic nitrogens is 3. The summed E-state index contributed by atoms with van der Waals surface area (Å²) in [5, 5.41) is 6.06. The van der Waals surface area contributed by atoms with Crippen molar-refractivity contribution in [2.45, 2.75) is 50.5 Å². The minimum absolute atomic E-state index is 0.506. The van der Waals surface area contributed by atoms with Crippen LogP contribution in [0.2, 0.25) is 0 Å². The SMILES string of the molecule is c1ccc2cc(-c3ccnc4c3nc(C3CCCC3)n4C3CCNCC3)ccc2c1. The molecule has 3 heterocycles. The van der Waals surface area contributed by atoms with Crippen LogP contribution in [0, 0.1) is 0 Å². The molecule has 1 saturated carbocycles. The third-order valence-corrected chi connectivity index (χ3v) is 7.06. The average Bonchev–Trinajstić information content (AvgIpc) is 3.47. The first-order chi connectivity index (χ1) is 14.9. The summed E-state index contributed by atoms with van der Waals surface area (Å²) in [6, 6.07) is 18.0. The van der Waals surface area contributed by atoms with Crippen LogP contribution in [0.25, 0.3) is 33.1 Å². The van der Waals surface area contributed by atoms with Gasteiger partial charge in [0.15, 0.2) is 5.65 Å². The lowest BCUT2D eigenvalue weighted by Crippen LogP contribution is -2.30. The van der Waals surface area contributed by atoms with Gasteiger partial charge in [-0.05, 0) is 67.2 Å². The van der Waals surface area contributed by atoms with E-state index in [4.69, 9.17) is 9.97 Å². The van der Waals surface area contributed by atoms with Crippen molar-refractivity contribution in [3.8, 4) is 11.1 Å². The van der Waals surface area contributed by atoms with Crippen molar-refractivity contribution >= 4 is 21.9 Å². The zero-order valence-corrected chi connectivity index (χ0v) is 17.3. The van der Waals surface area contributed by atoms with Crippen LogP contribution in [0.4, 0.5) is 0 Å². The Labute approximate surface area is 177 Å². The van der Waals surface area contributed by atoms with E-state index in [2.05, 4.69) is 58.4 Å². The molecule has 4 heteroatoms. The summed E-state index contributed by atoms with van der Waals surface area (Å²) >= 11 is 0. The third-order valence-electron chi connectivity index (χ3n) is 7.06. The molecule has 2 fully saturated rings. The van der Waals surface area contributed by atoms with Gasteiger partial charge < -0.3 is 9.88 Å². The third kappa shape index (κ3) is 3.02. The summed E-state index contributed by atoms with van der Waals surface area (Å²) in [6.07, 6.45) is 9.47. The molecule has 1 aliphatic carbocycles. The van der Waals surface area contributed by atoms with Crippen molar-refractivity contribution in [1.82, 2.24) is 19.9 Å². The summed E-state index contributed by atoms with van der Waals surface area (Å²) in [5.74, 6) is 1.87. The topological polar surface area (TPSA) is 42.7 Å². The van der Waals surface area contributed by atoms with Gasteiger partial charge in [-0.1, -0.05) is 49.2 Å². The number of hydrogen-bond acceptors (Lipinski definition) is 3. The Hall–Kier alpha value is -2.72. The molecule has 0 spiro atoms. The molecule has 0 radical (unpaired) electrons. The number of nitrogens with zero attached hydrogens (tertiary/aromatic N) is 3. The van der Waals surface area contributed by atoms with Crippen molar-refractivity contribution in [1.29, 1.82) is 0 Å². The Balaban J connectivity index is 1.55. The molecule has 0 amide bonds. The van der Waals surface area contributed by atoms with Gasteiger partial charge in [-0.15, -0.1) is 0 Å². The Bertz CT molecular complexity index is 1200. The molecule has 2 aromatic carbocycles. The van der Waals surface area contributed by atoms with Gasteiger partial charge >= 0.3 is 0 Å². The summed E-state index contributed by atoms with van der Waals surface area (Å²) in [6.45, 7) is 2.16. The lowest BCUT2D eigenvalue weighted by molar-refractivity contribution is 0.359. The van der Waals surface area contributed by atoms with Gasteiger partial charge in [-0.2, -0.15) is 0 Å². The van der Waals surface area contributed by atoms with Crippen LogP contribution in [-0.4, -0.2) is 27.6 Å². The fraction of sp³-hybridized carbons (Fsp3) is 0.385. The second-order valence-electron chi connectivity index (χ2n) is 8.90. The predicted molar refractivity (Wildman–Crippen MR) is 123 cm³/mol. The molecule has 6 rings (SSSR count). The van der Waals surface area contributed by atoms with Gasteiger partial charge in [-0.3, -0.25) is 0 Å². The number of imidazole rings is 1. The molecular formula is C26H28N4. The number of benzene rings is 2. The Morgan fingerprint density at radius 2 is 1.67 bits per heavy atom. The maximum absolute atomic E-state index is 5.31. The molecule has 1 aliphatic heterocycles. The van der Waals surface area contributed by atoms with Crippen LogP contribution in [0.1, 0.15) is 56.3 Å². The van der Waals surface area contributed by atoms with Crippen LogP contribution < -0.4 is 5.32 Å². The predicted octanol–water partition coefficient (Wildman–Crippen LogP) is 5.83. The van der Waals surface area contributed by atoms with Crippen LogP contribution >= 0.6 is 0 Å². The van der Waals surface area contributed by atoms with Crippen LogP contribution in [0.3, 0.4) is 0 Å². The molecular weight excluding hydrogens is 368 g/mol. The van der Waals surface area contributed by atoms with Gasteiger partial charge in [0.05, 0.1) is 0 Å². The highest BCUT2D eigenvalue weighted by Gasteiger charge is 2.29. The molecule has 152 valence electrons. The highest BCUT2D eigenvalue weighted by atomic mass is 15.2. The summed E-state index contributed by atoms with van der Waals surface area (Å²) in [5.41, 5.74) is 4.59. The Morgan fingerprint density at radius 3 is 2.50 bits per heavy atom. The maximum Gasteiger partial charge on any atom is 0.160 e. The number of piperidine rings is 1. The number of pyridine rings is 1. The van der Waals surface area contributed by atoms with E-state index in [1.165, 1.54) is 53.4 Å². The molecule has 0 atom stereocenters. The zero-order valence-electron chi connectivity index (χ0n) is 17.3. The normalized spacial score (nSPS) is 18.5. The largest absolute Gasteiger partial charge is 0.317 e. The van der Waals surface area contributed by atoms with Gasteiger partial charge in [0, 0.05) is 23.7 Å². The average molecular weight is 397 g/mol. The minimum atomic E-state index is 0.506. The molecule has 1 saturated heterocycles. The highest BCUT2D eigenvalue weighted by molar-refractivity contribution is 5.94. The lowest BCUT2D eigenvalue weighted by atomic mass is 10.0. The molecule has 0 bridgehead atoms. The van der Waals surface area contributed by atoms with Gasteiger partial charge in [0.2, 0.25) is 0 Å². The van der Waals surface area contributed by atoms with E-state index < -0.39 is 0 Å². The Kier molecular flexibility index (Phi) is 4.53. The monoisotopic (exact) mass is 396 g/mol. The van der Waals surface area contributed by atoms with Gasteiger partial charge in [0.25, 0.3) is 0 Å². The van der Waals surface area contributed by atoms with Crippen molar-refractivity contribution < 1.29 is 0 Å². The summed E-state index contributed by atoms with van der Waals surface area (Å²) < 4.78 is 2.52. The van der Waals surface area contributed by atoms with Crippen LogP contribution in [-0.2, 0) is 0 Å². The zero-order chi connectivity index (χ0) is 19.9. The molecule has 0 unspecified atom stereocenters. The smallest absolute Gasteiger partial charge is 0.160 e. The minimum Gasteiger partial charge on any atom is -0.317 e. The van der Waals surface area contributed by atoms with Gasteiger partial charge in [-0.25, -0.2) is 9.97 Å². The Morgan fingerprint density at radius 1 is 0.867 bits per heavy atom. The number of fused-ring (bicyclic) bond motifs is 2. The van der Waals surface area contributed by atoms with E-state index in [0.717, 1.165) is 37.1 Å². The molecule has 2 aliphatic rings. The van der Waals surface area contributed by atoms with Crippen molar-refractivity contribution in [2.24, 2.45) is 0 Å². The van der Waals surface area contributed by atoms with E-state index in [1.54, 1.807) is 0 Å². The van der Waals surface area contributed by atoms with E-state index in [9.17, 15) is 0 Å². The summed E-state index contributed by atoms with van der Waals surface area (Å²) in [7, 11) is 0. The summed E-state index contributed by atoms with van der Waals surface area (Å²) in [4.78, 5) is 10.2. The van der Waals surface area contributed by atoms with E-state index in [1.807, 2.05) is 6.20 Å². The van der Waals surface area contributed by atoms with Crippen LogP contribution in [0.15, 0.2) is 54.7 Å². The standard InChI is InChI=1S/C26H28N4/c1-4-8-20-17-21(10-9-18(20)5-1)23-13-16-28-26-24(23)29-25(19-6-2-3-7-19)30(26)22-11-14-27-15-12-22/h1,4-5,8-10,13,16-17,19,22,27H,2-3,6-7,11-12,14-15H2. The van der Waals surface area contributed by atoms with E-state index in [0.29, 0.717) is 12.0 Å². The first kappa shape index (κ1) is 18.1. The van der Waals surface area contributed by atoms with Crippen molar-refractivity contribution in [3.63, 3.8) is 0 Å². The number of rotatable bonds is 3. The fourth-order valence-electron chi connectivity index (χ4n) is 5.49. The highest BCUT2D eigenvalue weighted by Crippen LogP contribution is 2.39. The second-order valence-corrected chi connectivity index (χ2v) is 8.90. The first-order valence-electron chi connectivity index (χ1n) is 11.5. The quantitative estimate of drug-likeness (QED) is 0.473. The van der Waals surface area contributed by atoms with Crippen molar-refractivity contribution in [2.75, 3.05) is 13.1 Å². The molecule has 4 nitrogen and oxygen atoms in total. The first-order valence-corrected chi connectivity index (χ1v) is 11.5. The van der Waals surface area contributed by atoms with Crippen LogP contribution in [0.5, 0.6) is 0 Å². The van der Waals surface area contributed by atoms with Crippen molar-refractivity contribution in [3.05, 3.63) is 60.6 Å². The number of hydrogen-bond donors (Lipinski definition) is 1. The second kappa shape index (κ2) is 7.51. The molecule has 2 aromatic heterocycles. The molecule has 1 N–H and O–H groups in total. The lowest BCUT2D eigenvalue weighted by Gasteiger charge is -2.27. The van der Waals surface area contributed by atoms with E-state index >= 15 is 0 Å². The molecule has 4 aromatic rings. The number of nitrogens with one attached hydrogen (secondary N) is 1. The molecule has 30 heavy (non-hydrogen) atoms. The van der Waals surface area contributed by atoms with E-state index in [-0.39, 0.29) is 0 Å².